The van der Waals surface area contributed by atoms with Crippen LogP contribution in [0.1, 0.15) is 19.4 Å². The minimum atomic E-state index is -0.778. The van der Waals surface area contributed by atoms with Crippen LogP contribution >= 0.6 is 0 Å². The molecule has 20 heavy (non-hydrogen) atoms. The number of nitrogens with one attached hydrogen (secondary N) is 2. The van der Waals surface area contributed by atoms with Crippen molar-refractivity contribution in [2.24, 2.45) is 0 Å². The van der Waals surface area contributed by atoms with Crippen LogP contribution in [0.4, 0.5) is 5.69 Å². The van der Waals surface area contributed by atoms with Crippen LogP contribution < -0.4 is 10.6 Å². The van der Waals surface area contributed by atoms with Crippen LogP contribution in [0.15, 0.2) is 24.3 Å². The van der Waals surface area contributed by atoms with Crippen LogP contribution in [0.25, 0.3) is 0 Å². The Balaban J connectivity index is 2.38. The van der Waals surface area contributed by atoms with E-state index in [4.69, 9.17) is 4.74 Å². The Bertz CT molecular complexity index is 496. The number of amides is 2. The van der Waals surface area contributed by atoms with Gasteiger partial charge in [-0.05, 0) is 26.0 Å². The molecular formula is C14H18N2O4. The van der Waals surface area contributed by atoms with Crippen molar-refractivity contribution in [3.8, 4) is 0 Å². The first kappa shape index (κ1) is 15.7. The third kappa shape index (κ3) is 5.51. The molecule has 0 aliphatic rings. The number of benzene rings is 1. The second-order valence-corrected chi connectivity index (χ2v) is 4.44. The van der Waals surface area contributed by atoms with Gasteiger partial charge in [0.25, 0.3) is 5.91 Å². The van der Waals surface area contributed by atoms with Crippen LogP contribution in [0.3, 0.4) is 0 Å². The van der Waals surface area contributed by atoms with Crippen molar-refractivity contribution < 1.29 is 19.1 Å². The number of anilines is 1. The smallest absolute Gasteiger partial charge is 0.328 e. The van der Waals surface area contributed by atoms with Gasteiger partial charge < -0.3 is 15.4 Å². The van der Waals surface area contributed by atoms with E-state index in [1.165, 1.54) is 13.8 Å². The first-order valence-corrected chi connectivity index (χ1v) is 6.18. The highest BCUT2D eigenvalue weighted by atomic mass is 16.5. The van der Waals surface area contributed by atoms with Gasteiger partial charge in [-0.2, -0.15) is 0 Å². The van der Waals surface area contributed by atoms with Crippen molar-refractivity contribution in [3.05, 3.63) is 29.8 Å². The van der Waals surface area contributed by atoms with E-state index in [0.29, 0.717) is 5.69 Å². The molecule has 0 saturated carbocycles. The van der Waals surface area contributed by atoms with Crippen LogP contribution in [0.5, 0.6) is 0 Å². The summed E-state index contributed by atoms with van der Waals surface area (Å²) in [7, 11) is 0. The summed E-state index contributed by atoms with van der Waals surface area (Å²) in [6.07, 6.45) is 0. The van der Waals surface area contributed by atoms with Crippen molar-refractivity contribution in [2.45, 2.75) is 26.8 Å². The molecular weight excluding hydrogens is 260 g/mol. The molecule has 0 aliphatic carbocycles. The molecule has 0 spiro atoms. The van der Waals surface area contributed by atoms with Crippen LogP contribution in [-0.4, -0.2) is 30.4 Å². The molecule has 108 valence electrons. The molecule has 0 bridgehead atoms. The molecule has 6 nitrogen and oxygen atoms in total. The highest BCUT2D eigenvalue weighted by Gasteiger charge is 2.16. The van der Waals surface area contributed by atoms with Crippen molar-refractivity contribution in [2.75, 3.05) is 11.9 Å². The number of esters is 1. The number of carbonyl (C=O) groups excluding carboxylic acids is 3. The van der Waals surface area contributed by atoms with Crippen molar-refractivity contribution in [3.63, 3.8) is 0 Å². The SMILES string of the molecule is CC(=O)NC(C)C(=O)OCC(=O)Nc1ccc(C)cc1. The summed E-state index contributed by atoms with van der Waals surface area (Å²) in [5.41, 5.74) is 1.71. The molecule has 0 aliphatic heterocycles. The van der Waals surface area contributed by atoms with E-state index in [-0.39, 0.29) is 5.91 Å². The van der Waals surface area contributed by atoms with Gasteiger partial charge in [0, 0.05) is 12.6 Å². The maximum atomic E-state index is 11.6. The topological polar surface area (TPSA) is 84.5 Å². The summed E-state index contributed by atoms with van der Waals surface area (Å²) in [5.74, 6) is -1.42. The quantitative estimate of drug-likeness (QED) is 0.787. The molecule has 0 saturated heterocycles. The van der Waals surface area contributed by atoms with Crippen LogP contribution in [0.2, 0.25) is 0 Å². The molecule has 0 fully saturated rings. The third-order valence-corrected chi connectivity index (χ3v) is 2.45. The second-order valence-electron chi connectivity index (χ2n) is 4.44. The Morgan fingerprint density at radius 1 is 1.20 bits per heavy atom. The zero-order chi connectivity index (χ0) is 15.1. The van der Waals surface area contributed by atoms with Gasteiger partial charge in [-0.3, -0.25) is 9.59 Å². The van der Waals surface area contributed by atoms with Gasteiger partial charge in [0.2, 0.25) is 5.91 Å². The number of hydrogen-bond acceptors (Lipinski definition) is 4. The zero-order valence-corrected chi connectivity index (χ0v) is 11.7. The summed E-state index contributed by atoms with van der Waals surface area (Å²) in [5, 5.41) is 4.98. The van der Waals surface area contributed by atoms with Gasteiger partial charge in [0.05, 0.1) is 0 Å². The van der Waals surface area contributed by atoms with E-state index in [1.807, 2.05) is 19.1 Å². The summed E-state index contributed by atoms with van der Waals surface area (Å²) in [6.45, 7) is 4.34. The Kier molecular flexibility index (Phi) is 5.71. The largest absolute Gasteiger partial charge is 0.454 e. The molecule has 2 amide bonds. The monoisotopic (exact) mass is 278 g/mol. The van der Waals surface area contributed by atoms with Crippen molar-refractivity contribution in [1.82, 2.24) is 5.32 Å². The molecule has 1 aromatic rings. The standard InChI is InChI=1S/C14H18N2O4/c1-9-4-6-12(7-5-9)16-13(18)8-20-14(19)10(2)15-11(3)17/h4-7,10H,8H2,1-3H3,(H,15,17)(H,16,18). The van der Waals surface area contributed by atoms with E-state index < -0.39 is 24.5 Å². The highest BCUT2D eigenvalue weighted by molar-refractivity contribution is 5.93. The molecule has 0 aromatic heterocycles. The van der Waals surface area contributed by atoms with E-state index in [2.05, 4.69) is 10.6 Å². The number of carbonyl (C=O) groups is 3. The molecule has 1 unspecified atom stereocenters. The maximum absolute atomic E-state index is 11.6. The van der Waals surface area contributed by atoms with E-state index in [0.717, 1.165) is 5.56 Å². The highest BCUT2D eigenvalue weighted by Crippen LogP contribution is 2.08. The number of ether oxygens (including phenoxy) is 1. The van der Waals surface area contributed by atoms with Crippen molar-refractivity contribution in [1.29, 1.82) is 0 Å². The lowest BCUT2D eigenvalue weighted by Crippen LogP contribution is -2.39. The first-order valence-electron chi connectivity index (χ1n) is 6.18. The van der Waals surface area contributed by atoms with Crippen molar-refractivity contribution >= 4 is 23.5 Å². The normalized spacial score (nSPS) is 11.3. The Hall–Kier alpha value is -2.37. The predicted molar refractivity (Wildman–Crippen MR) is 74.0 cm³/mol. The maximum Gasteiger partial charge on any atom is 0.328 e. The first-order chi connectivity index (χ1) is 9.38. The lowest BCUT2D eigenvalue weighted by Gasteiger charge is -2.12. The number of hydrogen-bond donors (Lipinski definition) is 2. The molecule has 1 rings (SSSR count). The second kappa shape index (κ2) is 7.28. The summed E-state index contributed by atoms with van der Waals surface area (Å²) in [6, 6.07) is 6.46. The summed E-state index contributed by atoms with van der Waals surface area (Å²) in [4.78, 5) is 33.8. The molecule has 1 aromatic carbocycles. The predicted octanol–water partition coefficient (Wildman–Crippen LogP) is 1.00. The van der Waals surface area contributed by atoms with E-state index in [1.54, 1.807) is 12.1 Å². The fourth-order valence-electron chi connectivity index (χ4n) is 1.46. The zero-order valence-electron chi connectivity index (χ0n) is 11.7. The van der Waals surface area contributed by atoms with Gasteiger partial charge in [0.15, 0.2) is 6.61 Å². The Labute approximate surface area is 117 Å². The Morgan fingerprint density at radius 2 is 1.80 bits per heavy atom. The molecule has 1 atom stereocenters. The van der Waals surface area contributed by atoms with Gasteiger partial charge in [0.1, 0.15) is 6.04 Å². The lowest BCUT2D eigenvalue weighted by atomic mass is 10.2. The van der Waals surface area contributed by atoms with Gasteiger partial charge in [-0.1, -0.05) is 17.7 Å². The number of aryl methyl sites for hydroxylation is 1. The van der Waals surface area contributed by atoms with Crippen LogP contribution in [0, 0.1) is 6.92 Å². The summed E-state index contributed by atoms with van der Waals surface area (Å²) < 4.78 is 4.80. The van der Waals surface area contributed by atoms with E-state index in [9.17, 15) is 14.4 Å². The van der Waals surface area contributed by atoms with Gasteiger partial charge >= 0.3 is 5.97 Å². The molecule has 2 N–H and O–H groups in total. The van der Waals surface area contributed by atoms with Gasteiger partial charge in [-0.25, -0.2) is 4.79 Å². The average molecular weight is 278 g/mol. The molecule has 6 heteroatoms. The third-order valence-electron chi connectivity index (χ3n) is 2.45. The van der Waals surface area contributed by atoms with Gasteiger partial charge in [-0.15, -0.1) is 0 Å². The van der Waals surface area contributed by atoms with E-state index >= 15 is 0 Å². The number of rotatable bonds is 5. The molecule has 0 radical (unpaired) electrons. The minimum absolute atomic E-state index is 0.335. The van der Waals surface area contributed by atoms with Crippen LogP contribution in [-0.2, 0) is 19.1 Å². The fourth-order valence-corrected chi connectivity index (χ4v) is 1.46. The Morgan fingerprint density at radius 3 is 2.35 bits per heavy atom. The average Bonchev–Trinajstić information content (AvgIpc) is 2.38. The minimum Gasteiger partial charge on any atom is -0.454 e. The molecule has 0 heterocycles. The summed E-state index contributed by atoms with van der Waals surface area (Å²) >= 11 is 0. The lowest BCUT2D eigenvalue weighted by molar-refractivity contribution is -0.150. The fraction of sp³-hybridized carbons (Fsp3) is 0.357.